The molecule has 2 rings (SSSR count). The molecule has 0 aliphatic carbocycles. The minimum atomic E-state index is -0.736. The molecular weight excluding hydrogens is 316 g/mol. The molecule has 0 N–H and O–H groups in total. The number of piperazine rings is 1. The molecule has 1 unspecified atom stereocenters. The number of thioether (sulfide) groups is 1. The molecule has 0 spiro atoms. The minimum absolute atomic E-state index is 0.212. The molecule has 0 bridgehead atoms. The Balaban J connectivity index is 1.70. The van der Waals surface area contributed by atoms with Crippen molar-refractivity contribution in [3.05, 3.63) is 29.8 Å². The van der Waals surface area contributed by atoms with Crippen molar-refractivity contribution in [2.24, 2.45) is 0 Å². The summed E-state index contributed by atoms with van der Waals surface area (Å²) < 4.78 is 11.1. The van der Waals surface area contributed by atoms with E-state index in [-0.39, 0.29) is 5.91 Å². The summed E-state index contributed by atoms with van der Waals surface area (Å²) in [6.07, 6.45) is 1.74. The number of carbonyl (C=O) groups is 1. The maximum atomic E-state index is 12.2. The van der Waals surface area contributed by atoms with Gasteiger partial charge in [-0.2, -0.15) is 0 Å². The van der Waals surface area contributed by atoms with Gasteiger partial charge in [0.25, 0.3) is 0 Å². The van der Waals surface area contributed by atoms with Gasteiger partial charge in [0.05, 0.1) is 5.75 Å². The fraction of sp³-hybridized carbons (Fsp3) is 0.562. The number of rotatable bonds is 6. The van der Waals surface area contributed by atoms with Crippen LogP contribution in [0.5, 0.6) is 0 Å². The van der Waals surface area contributed by atoms with Crippen LogP contribution in [0.15, 0.2) is 29.2 Å². The van der Waals surface area contributed by atoms with Crippen LogP contribution in [0.25, 0.3) is 0 Å². The SMILES string of the molecule is Cc1ccc(SCC(=O)N2CCN(CCS(C)=O)CC2)cc1. The molecule has 6 heteroatoms. The predicted octanol–water partition coefficient (Wildman–Crippen LogP) is 1.61. The maximum absolute atomic E-state index is 12.2. The van der Waals surface area contributed by atoms with Crippen LogP contribution >= 0.6 is 11.8 Å². The van der Waals surface area contributed by atoms with Crippen LogP contribution in [0.2, 0.25) is 0 Å². The number of nitrogens with zero attached hydrogens (tertiary/aromatic N) is 2. The third-order valence-corrected chi connectivity index (χ3v) is 5.56. The quantitative estimate of drug-likeness (QED) is 0.738. The lowest BCUT2D eigenvalue weighted by molar-refractivity contribution is -0.130. The smallest absolute Gasteiger partial charge is 0.233 e. The summed E-state index contributed by atoms with van der Waals surface area (Å²) in [6.45, 7) is 6.26. The van der Waals surface area contributed by atoms with Crippen molar-refractivity contribution in [2.75, 3.05) is 50.5 Å². The fourth-order valence-corrected chi connectivity index (χ4v) is 3.67. The molecule has 1 aliphatic heterocycles. The van der Waals surface area contributed by atoms with E-state index in [0.29, 0.717) is 5.75 Å². The van der Waals surface area contributed by atoms with Crippen molar-refractivity contribution in [1.29, 1.82) is 0 Å². The first-order valence-electron chi connectivity index (χ1n) is 7.54. The van der Waals surface area contributed by atoms with Crippen LogP contribution in [-0.2, 0) is 15.6 Å². The third kappa shape index (κ3) is 5.74. The van der Waals surface area contributed by atoms with Gasteiger partial charge < -0.3 is 4.90 Å². The number of carbonyl (C=O) groups excluding carboxylic acids is 1. The van der Waals surface area contributed by atoms with Crippen LogP contribution in [0.3, 0.4) is 0 Å². The van der Waals surface area contributed by atoms with Crippen molar-refractivity contribution in [3.63, 3.8) is 0 Å². The molecule has 1 atom stereocenters. The lowest BCUT2D eigenvalue weighted by Crippen LogP contribution is -2.49. The fourth-order valence-electron chi connectivity index (χ4n) is 2.35. The molecule has 1 fully saturated rings. The van der Waals surface area contributed by atoms with Gasteiger partial charge in [-0.15, -0.1) is 11.8 Å². The first-order valence-corrected chi connectivity index (χ1v) is 10.3. The Morgan fingerprint density at radius 1 is 1.18 bits per heavy atom. The summed E-state index contributed by atoms with van der Waals surface area (Å²) in [5.74, 6) is 1.43. The normalized spacial score (nSPS) is 17.5. The molecule has 0 aromatic heterocycles. The topological polar surface area (TPSA) is 40.6 Å². The molecule has 1 aliphatic rings. The largest absolute Gasteiger partial charge is 0.339 e. The first kappa shape index (κ1) is 17.5. The van der Waals surface area contributed by atoms with Gasteiger partial charge in [-0.05, 0) is 19.1 Å². The number of aryl methyl sites for hydroxylation is 1. The zero-order valence-electron chi connectivity index (χ0n) is 13.3. The summed E-state index contributed by atoms with van der Waals surface area (Å²) in [5, 5.41) is 0. The zero-order valence-corrected chi connectivity index (χ0v) is 14.9. The second kappa shape index (κ2) is 8.70. The molecule has 1 amide bonds. The second-order valence-electron chi connectivity index (χ2n) is 5.60. The van der Waals surface area contributed by atoms with E-state index in [1.807, 2.05) is 4.90 Å². The van der Waals surface area contributed by atoms with Crippen molar-refractivity contribution >= 4 is 28.5 Å². The van der Waals surface area contributed by atoms with E-state index in [0.717, 1.165) is 43.4 Å². The molecule has 1 heterocycles. The monoisotopic (exact) mass is 340 g/mol. The standard InChI is InChI=1S/C16H24N2O2S2/c1-14-3-5-15(6-4-14)21-13-16(19)18-9-7-17(8-10-18)11-12-22(2)20/h3-6H,7-13H2,1-2H3. The molecule has 22 heavy (non-hydrogen) atoms. The molecule has 1 aromatic rings. The van der Waals surface area contributed by atoms with Crippen LogP contribution in [-0.4, -0.2) is 70.4 Å². The van der Waals surface area contributed by atoms with E-state index in [4.69, 9.17) is 0 Å². The number of amides is 1. The summed E-state index contributed by atoms with van der Waals surface area (Å²) >= 11 is 1.60. The van der Waals surface area contributed by atoms with Crippen LogP contribution in [0.4, 0.5) is 0 Å². The van der Waals surface area contributed by atoms with Crippen LogP contribution in [0, 0.1) is 6.92 Å². The zero-order chi connectivity index (χ0) is 15.9. The summed E-state index contributed by atoms with van der Waals surface area (Å²) in [7, 11) is -0.736. The molecule has 1 saturated heterocycles. The van der Waals surface area contributed by atoms with Crippen LogP contribution in [0.1, 0.15) is 5.56 Å². The van der Waals surface area contributed by atoms with E-state index in [1.54, 1.807) is 18.0 Å². The summed E-state index contributed by atoms with van der Waals surface area (Å²) in [4.78, 5) is 17.6. The van der Waals surface area contributed by atoms with E-state index < -0.39 is 10.8 Å². The highest BCUT2D eigenvalue weighted by Crippen LogP contribution is 2.19. The van der Waals surface area contributed by atoms with Crippen LogP contribution < -0.4 is 0 Å². The lowest BCUT2D eigenvalue weighted by Gasteiger charge is -2.34. The van der Waals surface area contributed by atoms with Crippen molar-refractivity contribution in [2.45, 2.75) is 11.8 Å². The van der Waals surface area contributed by atoms with E-state index in [1.165, 1.54) is 5.56 Å². The molecular formula is C16H24N2O2S2. The van der Waals surface area contributed by atoms with Crippen molar-refractivity contribution in [1.82, 2.24) is 9.80 Å². The molecule has 0 radical (unpaired) electrons. The lowest BCUT2D eigenvalue weighted by atomic mass is 10.2. The molecule has 1 aromatic carbocycles. The van der Waals surface area contributed by atoms with Gasteiger partial charge in [0, 0.05) is 60.4 Å². The predicted molar refractivity (Wildman–Crippen MR) is 93.9 cm³/mol. The van der Waals surface area contributed by atoms with E-state index in [2.05, 4.69) is 36.1 Å². The van der Waals surface area contributed by atoms with E-state index in [9.17, 15) is 9.00 Å². The Bertz CT molecular complexity index is 511. The average molecular weight is 341 g/mol. The Hall–Kier alpha value is -0.850. The Labute approximate surface area is 139 Å². The highest BCUT2D eigenvalue weighted by Gasteiger charge is 2.20. The number of hydrogen-bond donors (Lipinski definition) is 0. The highest BCUT2D eigenvalue weighted by atomic mass is 32.2. The van der Waals surface area contributed by atoms with Crippen molar-refractivity contribution in [3.8, 4) is 0 Å². The first-order chi connectivity index (χ1) is 10.5. The highest BCUT2D eigenvalue weighted by molar-refractivity contribution is 8.00. The third-order valence-electron chi connectivity index (χ3n) is 3.80. The van der Waals surface area contributed by atoms with Gasteiger partial charge in [-0.1, -0.05) is 17.7 Å². The van der Waals surface area contributed by atoms with Gasteiger partial charge in [0.15, 0.2) is 0 Å². The van der Waals surface area contributed by atoms with Gasteiger partial charge in [-0.25, -0.2) is 0 Å². The van der Waals surface area contributed by atoms with Gasteiger partial charge in [0.2, 0.25) is 5.91 Å². The maximum Gasteiger partial charge on any atom is 0.233 e. The Morgan fingerprint density at radius 3 is 2.41 bits per heavy atom. The number of benzene rings is 1. The summed E-state index contributed by atoms with van der Waals surface area (Å²) in [5.41, 5.74) is 1.24. The molecule has 122 valence electrons. The van der Waals surface area contributed by atoms with Crippen molar-refractivity contribution < 1.29 is 9.00 Å². The van der Waals surface area contributed by atoms with E-state index >= 15 is 0 Å². The number of hydrogen-bond acceptors (Lipinski definition) is 4. The van der Waals surface area contributed by atoms with Gasteiger partial charge in [0.1, 0.15) is 0 Å². The Kier molecular flexibility index (Phi) is 6.92. The Morgan fingerprint density at radius 2 is 1.82 bits per heavy atom. The molecule has 0 saturated carbocycles. The minimum Gasteiger partial charge on any atom is -0.339 e. The van der Waals surface area contributed by atoms with Gasteiger partial charge >= 0.3 is 0 Å². The second-order valence-corrected chi connectivity index (χ2v) is 8.20. The summed E-state index contributed by atoms with van der Waals surface area (Å²) in [6, 6.07) is 8.28. The molecule has 4 nitrogen and oxygen atoms in total. The average Bonchev–Trinajstić information content (AvgIpc) is 2.52. The van der Waals surface area contributed by atoms with Gasteiger partial charge in [-0.3, -0.25) is 13.9 Å².